The fourth-order valence-electron chi connectivity index (χ4n) is 5.11. The molecular formula is C22H27N7O4. The fourth-order valence-corrected chi connectivity index (χ4v) is 5.11. The topological polar surface area (TPSA) is 127 Å². The minimum atomic E-state index is -0.729. The van der Waals surface area contributed by atoms with E-state index in [1.165, 1.54) is 11.0 Å². The van der Waals surface area contributed by atoms with Crippen molar-refractivity contribution in [1.82, 2.24) is 35.0 Å². The Hall–Kier alpha value is -3.18. The lowest BCUT2D eigenvalue weighted by molar-refractivity contribution is -0.138. The summed E-state index contributed by atoms with van der Waals surface area (Å²) < 4.78 is 6.62. The average molecular weight is 454 g/mol. The second-order valence-corrected chi connectivity index (χ2v) is 9.10. The summed E-state index contributed by atoms with van der Waals surface area (Å²) in [6.07, 6.45) is 4.67. The van der Waals surface area contributed by atoms with Gasteiger partial charge in [0.25, 0.3) is 0 Å². The largest absolute Gasteiger partial charge is 0.456 e. The van der Waals surface area contributed by atoms with Gasteiger partial charge in [-0.1, -0.05) is 0 Å². The Labute approximate surface area is 191 Å². The normalized spacial score (nSPS) is 21.8. The van der Waals surface area contributed by atoms with E-state index in [4.69, 9.17) is 4.74 Å². The molecule has 2 saturated heterocycles. The molecule has 2 aromatic rings. The lowest BCUT2D eigenvalue weighted by Gasteiger charge is -2.38. The third kappa shape index (κ3) is 3.80. The van der Waals surface area contributed by atoms with Crippen LogP contribution >= 0.6 is 0 Å². The number of carbonyl (C=O) groups excluding carboxylic acids is 2. The molecule has 5 rings (SSSR count). The van der Waals surface area contributed by atoms with Gasteiger partial charge < -0.3 is 19.6 Å². The van der Waals surface area contributed by atoms with Crippen molar-refractivity contribution in [2.24, 2.45) is 5.41 Å². The highest BCUT2D eigenvalue weighted by molar-refractivity contribution is 5.94. The van der Waals surface area contributed by atoms with Crippen molar-refractivity contribution in [3.05, 3.63) is 41.1 Å². The van der Waals surface area contributed by atoms with E-state index in [-0.39, 0.29) is 23.9 Å². The van der Waals surface area contributed by atoms with Crippen LogP contribution in [0, 0.1) is 12.3 Å². The predicted octanol–water partition coefficient (Wildman–Crippen LogP) is 0.544. The molecule has 11 nitrogen and oxygen atoms in total. The first-order valence-electron chi connectivity index (χ1n) is 11.2. The maximum absolute atomic E-state index is 13.3. The Bertz CT molecular complexity index is 1110. The van der Waals surface area contributed by atoms with E-state index in [9.17, 15) is 14.7 Å². The van der Waals surface area contributed by atoms with Crippen molar-refractivity contribution in [1.29, 1.82) is 0 Å². The van der Waals surface area contributed by atoms with Crippen LogP contribution in [0.15, 0.2) is 29.9 Å². The molecule has 1 unspecified atom stereocenters. The van der Waals surface area contributed by atoms with Crippen molar-refractivity contribution in [3.63, 3.8) is 0 Å². The van der Waals surface area contributed by atoms with E-state index in [0.717, 1.165) is 43.6 Å². The standard InChI is InChI=1S/C22H27N7O4/c1-14-9-16(29-13-24-25-26-29)10-23-19(14)18(30)11-27-6-3-22(4-7-27)5-8-28(21(22)32)17-12-33-20(31)15(17)2/h9-10,13,18,30H,3-8,11-12H2,1-2H3. The van der Waals surface area contributed by atoms with Gasteiger partial charge >= 0.3 is 5.97 Å². The van der Waals surface area contributed by atoms with E-state index in [1.54, 1.807) is 18.0 Å². The van der Waals surface area contributed by atoms with Gasteiger partial charge in [0, 0.05) is 13.1 Å². The molecule has 2 aromatic heterocycles. The maximum atomic E-state index is 13.3. The summed E-state index contributed by atoms with van der Waals surface area (Å²) in [6, 6.07) is 1.90. The van der Waals surface area contributed by atoms with Crippen LogP contribution in [0.1, 0.15) is 43.5 Å². The molecule has 3 aliphatic rings. The Morgan fingerprint density at radius 3 is 2.58 bits per heavy atom. The first-order chi connectivity index (χ1) is 15.9. The Morgan fingerprint density at radius 1 is 1.18 bits per heavy atom. The second kappa shape index (κ2) is 8.31. The van der Waals surface area contributed by atoms with Gasteiger partial charge in [-0.05, 0) is 68.3 Å². The van der Waals surface area contributed by atoms with Crippen molar-refractivity contribution in [2.45, 2.75) is 39.2 Å². The number of nitrogens with zero attached hydrogens (tertiary/aromatic N) is 7. The number of piperidine rings is 1. The van der Waals surface area contributed by atoms with Crippen LogP contribution < -0.4 is 0 Å². The Morgan fingerprint density at radius 2 is 1.94 bits per heavy atom. The third-order valence-electron chi connectivity index (χ3n) is 7.20. The number of amides is 1. The summed E-state index contributed by atoms with van der Waals surface area (Å²) >= 11 is 0. The molecule has 5 heterocycles. The van der Waals surface area contributed by atoms with Crippen LogP contribution in [0.25, 0.3) is 5.69 Å². The summed E-state index contributed by atoms with van der Waals surface area (Å²) in [7, 11) is 0. The Balaban J connectivity index is 1.21. The second-order valence-electron chi connectivity index (χ2n) is 9.10. The van der Waals surface area contributed by atoms with Crippen molar-refractivity contribution < 1.29 is 19.4 Å². The molecule has 0 bridgehead atoms. The lowest BCUT2D eigenvalue weighted by Crippen LogP contribution is -2.45. The molecule has 11 heteroatoms. The number of aryl methyl sites for hydroxylation is 1. The van der Waals surface area contributed by atoms with Gasteiger partial charge in [0.15, 0.2) is 0 Å². The van der Waals surface area contributed by atoms with Crippen LogP contribution in [0.3, 0.4) is 0 Å². The Kier molecular flexibility index (Phi) is 5.45. The number of cyclic esters (lactones) is 1. The fraction of sp³-hybridized carbons (Fsp3) is 0.545. The first-order valence-corrected chi connectivity index (χ1v) is 11.2. The van der Waals surface area contributed by atoms with E-state index in [2.05, 4.69) is 25.4 Å². The molecule has 0 aliphatic carbocycles. The quantitative estimate of drug-likeness (QED) is 0.646. The van der Waals surface area contributed by atoms with Gasteiger partial charge in [0.1, 0.15) is 19.0 Å². The molecule has 1 atom stereocenters. The number of esters is 1. The van der Waals surface area contributed by atoms with Gasteiger partial charge in [-0.15, -0.1) is 5.10 Å². The highest BCUT2D eigenvalue weighted by atomic mass is 16.5. The minimum Gasteiger partial charge on any atom is -0.456 e. The smallest absolute Gasteiger partial charge is 0.336 e. The molecule has 3 aliphatic heterocycles. The summed E-state index contributed by atoms with van der Waals surface area (Å²) in [5.74, 6) is -0.233. The highest BCUT2D eigenvalue weighted by Crippen LogP contribution is 2.43. The molecule has 2 fully saturated rings. The number of ether oxygens (including phenoxy) is 1. The van der Waals surface area contributed by atoms with Crippen molar-refractivity contribution in [3.8, 4) is 5.69 Å². The number of hydrogen-bond donors (Lipinski definition) is 1. The summed E-state index contributed by atoms with van der Waals surface area (Å²) in [5.41, 5.74) is 3.09. The van der Waals surface area contributed by atoms with Crippen molar-refractivity contribution in [2.75, 3.05) is 32.8 Å². The maximum Gasteiger partial charge on any atom is 0.336 e. The summed E-state index contributed by atoms with van der Waals surface area (Å²) in [6.45, 7) is 6.35. The lowest BCUT2D eigenvalue weighted by atomic mass is 9.77. The van der Waals surface area contributed by atoms with E-state index in [0.29, 0.717) is 30.1 Å². The molecular weight excluding hydrogens is 426 g/mol. The van der Waals surface area contributed by atoms with E-state index in [1.807, 2.05) is 13.0 Å². The number of β-amino-alcohol motifs (C(OH)–C–C–N with tert-alkyl or cyclic N) is 1. The third-order valence-corrected chi connectivity index (χ3v) is 7.20. The number of aliphatic hydroxyl groups is 1. The average Bonchev–Trinajstić information content (AvgIpc) is 3.53. The molecule has 0 radical (unpaired) electrons. The van der Waals surface area contributed by atoms with Gasteiger partial charge in [0.2, 0.25) is 5.91 Å². The van der Waals surface area contributed by atoms with Crippen LogP contribution in [0.4, 0.5) is 0 Å². The summed E-state index contributed by atoms with van der Waals surface area (Å²) in [4.78, 5) is 33.4. The molecule has 1 N–H and O–H groups in total. The first kappa shape index (κ1) is 21.7. The number of pyridine rings is 1. The molecule has 0 saturated carbocycles. The van der Waals surface area contributed by atoms with Crippen LogP contribution in [0.5, 0.6) is 0 Å². The van der Waals surface area contributed by atoms with Crippen LogP contribution in [0.2, 0.25) is 0 Å². The number of aromatic nitrogens is 5. The molecule has 1 amide bonds. The van der Waals surface area contributed by atoms with E-state index >= 15 is 0 Å². The molecule has 0 aromatic carbocycles. The van der Waals surface area contributed by atoms with Crippen LogP contribution in [-0.2, 0) is 14.3 Å². The SMILES string of the molecule is CC1=C(N2CCC3(CCN(CC(O)c4ncc(-n5cnnn5)cc4C)CC3)C2=O)COC1=O. The van der Waals surface area contributed by atoms with Gasteiger partial charge in [0.05, 0.1) is 34.3 Å². The number of carbonyl (C=O) groups is 2. The predicted molar refractivity (Wildman–Crippen MR) is 115 cm³/mol. The highest BCUT2D eigenvalue weighted by Gasteiger charge is 2.50. The number of rotatable bonds is 5. The number of aliphatic hydroxyl groups excluding tert-OH is 1. The van der Waals surface area contributed by atoms with Crippen LogP contribution in [-0.4, -0.2) is 84.8 Å². The zero-order chi connectivity index (χ0) is 23.2. The monoisotopic (exact) mass is 453 g/mol. The zero-order valence-electron chi connectivity index (χ0n) is 18.8. The molecule has 33 heavy (non-hydrogen) atoms. The zero-order valence-corrected chi connectivity index (χ0v) is 18.8. The molecule has 1 spiro atoms. The summed E-state index contributed by atoms with van der Waals surface area (Å²) in [5, 5.41) is 22.0. The van der Waals surface area contributed by atoms with Gasteiger partial charge in [-0.2, -0.15) is 4.68 Å². The van der Waals surface area contributed by atoms with Gasteiger partial charge in [-0.3, -0.25) is 9.78 Å². The minimum absolute atomic E-state index is 0.103. The number of likely N-dealkylation sites (tertiary alicyclic amines) is 2. The molecule has 174 valence electrons. The van der Waals surface area contributed by atoms with Gasteiger partial charge in [-0.25, -0.2) is 4.79 Å². The van der Waals surface area contributed by atoms with Crippen molar-refractivity contribution >= 4 is 11.9 Å². The number of tetrazole rings is 1. The van der Waals surface area contributed by atoms with E-state index < -0.39 is 6.10 Å². The number of hydrogen-bond acceptors (Lipinski definition) is 9.